The van der Waals surface area contributed by atoms with Crippen molar-refractivity contribution in [2.24, 2.45) is 11.3 Å². The van der Waals surface area contributed by atoms with Crippen molar-refractivity contribution >= 4 is 16.0 Å². The molecule has 0 amide bonds. The Morgan fingerprint density at radius 3 is 2.28 bits per heavy atom. The highest BCUT2D eigenvalue weighted by Gasteiger charge is 2.42. The van der Waals surface area contributed by atoms with Crippen LogP contribution in [0.2, 0.25) is 0 Å². The van der Waals surface area contributed by atoms with E-state index in [9.17, 15) is 18.3 Å². The van der Waals surface area contributed by atoms with E-state index in [2.05, 4.69) is 11.6 Å². The number of carboxylic acid groups (broad SMARTS) is 1. The second-order valence-corrected chi connectivity index (χ2v) is 8.00. The third-order valence-electron chi connectivity index (χ3n) is 3.92. The summed E-state index contributed by atoms with van der Waals surface area (Å²) in [4.78, 5) is 11.4. The van der Waals surface area contributed by atoms with Crippen LogP contribution in [-0.4, -0.2) is 31.3 Å². The van der Waals surface area contributed by atoms with Gasteiger partial charge < -0.3 is 5.11 Å². The topological polar surface area (TPSA) is 83.5 Å². The van der Waals surface area contributed by atoms with E-state index in [-0.39, 0.29) is 6.54 Å². The van der Waals surface area contributed by atoms with E-state index in [0.717, 1.165) is 12.8 Å². The zero-order chi connectivity index (χ0) is 14.0. The SMILES string of the molecule is CC1CCC(CNS(=O)(=O)C(C)C)(C(=O)O)CC1. The predicted molar refractivity (Wildman–Crippen MR) is 69.8 cm³/mol. The van der Waals surface area contributed by atoms with Crippen LogP contribution < -0.4 is 4.72 Å². The van der Waals surface area contributed by atoms with Gasteiger partial charge in [0, 0.05) is 6.54 Å². The van der Waals surface area contributed by atoms with Gasteiger partial charge in [0.25, 0.3) is 0 Å². The summed E-state index contributed by atoms with van der Waals surface area (Å²) in [5.74, 6) is -0.361. The fourth-order valence-electron chi connectivity index (χ4n) is 2.19. The first-order chi connectivity index (χ1) is 8.19. The zero-order valence-corrected chi connectivity index (χ0v) is 12.1. The van der Waals surface area contributed by atoms with Crippen LogP contribution in [0.5, 0.6) is 0 Å². The zero-order valence-electron chi connectivity index (χ0n) is 11.3. The molecular weight excluding hydrogens is 254 g/mol. The molecular formula is C12H23NO4S. The number of carbonyl (C=O) groups is 1. The molecule has 18 heavy (non-hydrogen) atoms. The third kappa shape index (κ3) is 3.45. The van der Waals surface area contributed by atoms with Crippen molar-refractivity contribution in [1.82, 2.24) is 4.72 Å². The quantitative estimate of drug-likeness (QED) is 0.799. The highest BCUT2D eigenvalue weighted by molar-refractivity contribution is 7.90. The Bertz CT molecular complexity index is 394. The van der Waals surface area contributed by atoms with Gasteiger partial charge in [0.2, 0.25) is 10.0 Å². The average molecular weight is 277 g/mol. The summed E-state index contributed by atoms with van der Waals surface area (Å²) in [6.07, 6.45) is 2.78. The van der Waals surface area contributed by atoms with Gasteiger partial charge in [0.15, 0.2) is 0 Å². The van der Waals surface area contributed by atoms with Crippen molar-refractivity contribution in [2.75, 3.05) is 6.54 Å². The summed E-state index contributed by atoms with van der Waals surface area (Å²) in [5.41, 5.74) is -0.922. The molecule has 0 aromatic rings. The molecule has 1 rings (SSSR count). The average Bonchev–Trinajstić information content (AvgIpc) is 2.28. The van der Waals surface area contributed by atoms with E-state index in [1.807, 2.05) is 0 Å². The first kappa shape index (κ1) is 15.4. The minimum Gasteiger partial charge on any atom is -0.481 e. The number of sulfonamides is 1. The molecule has 1 aliphatic carbocycles. The molecule has 0 atom stereocenters. The Morgan fingerprint density at radius 2 is 1.89 bits per heavy atom. The first-order valence-corrected chi connectivity index (χ1v) is 7.96. The lowest BCUT2D eigenvalue weighted by molar-refractivity contribution is -0.151. The van der Waals surface area contributed by atoms with Gasteiger partial charge in [-0.05, 0) is 45.4 Å². The molecule has 0 unspecified atom stereocenters. The van der Waals surface area contributed by atoms with Crippen LogP contribution in [0.4, 0.5) is 0 Å². The molecule has 106 valence electrons. The Morgan fingerprint density at radius 1 is 1.39 bits per heavy atom. The number of hydrogen-bond acceptors (Lipinski definition) is 3. The van der Waals surface area contributed by atoms with Crippen LogP contribution in [0.15, 0.2) is 0 Å². The van der Waals surface area contributed by atoms with Gasteiger partial charge in [-0.1, -0.05) is 6.92 Å². The molecule has 0 aliphatic heterocycles. The normalized spacial score (nSPS) is 29.4. The van der Waals surface area contributed by atoms with Gasteiger partial charge in [-0.25, -0.2) is 13.1 Å². The molecule has 2 N–H and O–H groups in total. The van der Waals surface area contributed by atoms with Crippen LogP contribution >= 0.6 is 0 Å². The van der Waals surface area contributed by atoms with E-state index in [1.165, 1.54) is 0 Å². The Kier molecular flexibility index (Phi) is 4.78. The number of aliphatic carboxylic acids is 1. The molecule has 0 spiro atoms. The Hall–Kier alpha value is -0.620. The number of hydrogen-bond donors (Lipinski definition) is 2. The van der Waals surface area contributed by atoms with E-state index in [4.69, 9.17) is 0 Å². The maximum Gasteiger partial charge on any atom is 0.310 e. The van der Waals surface area contributed by atoms with Gasteiger partial charge in [-0.3, -0.25) is 4.79 Å². The van der Waals surface area contributed by atoms with Gasteiger partial charge in [-0.2, -0.15) is 0 Å². The molecule has 5 nitrogen and oxygen atoms in total. The standard InChI is InChI=1S/C12H23NO4S/c1-9(2)18(16,17)13-8-12(11(14)15)6-4-10(3)5-7-12/h9-10,13H,4-8H2,1-3H3,(H,14,15). The van der Waals surface area contributed by atoms with Crippen LogP contribution in [0.1, 0.15) is 46.5 Å². The minimum atomic E-state index is -3.40. The number of rotatable bonds is 5. The molecule has 1 fully saturated rings. The molecule has 0 heterocycles. The summed E-state index contributed by atoms with van der Waals surface area (Å²) in [5, 5.41) is 8.84. The summed E-state index contributed by atoms with van der Waals surface area (Å²) in [6, 6.07) is 0. The van der Waals surface area contributed by atoms with Gasteiger partial charge in [-0.15, -0.1) is 0 Å². The lowest BCUT2D eigenvalue weighted by atomic mass is 9.71. The van der Waals surface area contributed by atoms with E-state index in [0.29, 0.717) is 18.8 Å². The lowest BCUT2D eigenvalue weighted by Gasteiger charge is -2.35. The first-order valence-electron chi connectivity index (χ1n) is 6.41. The fraction of sp³-hybridized carbons (Fsp3) is 0.917. The summed E-state index contributed by atoms with van der Waals surface area (Å²) < 4.78 is 25.9. The van der Waals surface area contributed by atoms with Crippen molar-refractivity contribution in [3.8, 4) is 0 Å². The smallest absolute Gasteiger partial charge is 0.310 e. The summed E-state index contributed by atoms with van der Waals surface area (Å²) in [6.45, 7) is 5.27. The molecule has 0 aromatic carbocycles. The molecule has 0 aromatic heterocycles. The number of nitrogens with one attached hydrogen (secondary N) is 1. The van der Waals surface area contributed by atoms with E-state index in [1.54, 1.807) is 13.8 Å². The molecule has 6 heteroatoms. The highest BCUT2D eigenvalue weighted by Crippen LogP contribution is 2.38. The van der Waals surface area contributed by atoms with Gasteiger partial charge in [0.05, 0.1) is 10.7 Å². The summed E-state index contributed by atoms with van der Waals surface area (Å²) in [7, 11) is -3.40. The Labute approximate surface area is 109 Å². The van der Waals surface area contributed by atoms with Crippen LogP contribution in [0.25, 0.3) is 0 Å². The largest absolute Gasteiger partial charge is 0.481 e. The second-order valence-electron chi connectivity index (χ2n) is 5.68. The van der Waals surface area contributed by atoms with Gasteiger partial charge in [0.1, 0.15) is 0 Å². The van der Waals surface area contributed by atoms with Crippen molar-refractivity contribution in [1.29, 1.82) is 0 Å². The monoisotopic (exact) mass is 277 g/mol. The van der Waals surface area contributed by atoms with Crippen LogP contribution in [0, 0.1) is 11.3 Å². The maximum absolute atomic E-state index is 11.7. The van der Waals surface area contributed by atoms with Crippen molar-refractivity contribution < 1.29 is 18.3 Å². The van der Waals surface area contributed by atoms with Crippen molar-refractivity contribution in [2.45, 2.75) is 51.7 Å². The minimum absolute atomic E-state index is 0.00949. The van der Waals surface area contributed by atoms with E-state index >= 15 is 0 Å². The van der Waals surface area contributed by atoms with E-state index < -0.39 is 26.7 Å². The molecule has 0 radical (unpaired) electrons. The van der Waals surface area contributed by atoms with Crippen molar-refractivity contribution in [3.05, 3.63) is 0 Å². The highest BCUT2D eigenvalue weighted by atomic mass is 32.2. The second kappa shape index (κ2) is 5.57. The van der Waals surface area contributed by atoms with Gasteiger partial charge >= 0.3 is 5.97 Å². The molecule has 0 bridgehead atoms. The third-order valence-corrected chi connectivity index (χ3v) is 5.71. The van der Waals surface area contributed by atoms with Crippen LogP contribution in [-0.2, 0) is 14.8 Å². The predicted octanol–water partition coefficient (Wildman–Crippen LogP) is 1.60. The Balaban J connectivity index is 2.74. The lowest BCUT2D eigenvalue weighted by Crippen LogP contribution is -2.46. The number of carboxylic acids is 1. The molecule has 1 aliphatic rings. The molecule has 0 saturated heterocycles. The summed E-state index contributed by atoms with van der Waals surface area (Å²) >= 11 is 0. The molecule has 1 saturated carbocycles. The van der Waals surface area contributed by atoms with Crippen molar-refractivity contribution in [3.63, 3.8) is 0 Å². The maximum atomic E-state index is 11.7. The van der Waals surface area contributed by atoms with Crippen LogP contribution in [0.3, 0.4) is 0 Å². The fourth-order valence-corrected chi connectivity index (χ4v) is 3.00.